The van der Waals surface area contributed by atoms with Crippen LogP contribution in [0.3, 0.4) is 0 Å². The molecule has 4 aromatic heterocycles. The van der Waals surface area contributed by atoms with Gasteiger partial charge in [-0.15, -0.1) is 0 Å². The van der Waals surface area contributed by atoms with Gasteiger partial charge in [-0.05, 0) is 36.2 Å². The summed E-state index contributed by atoms with van der Waals surface area (Å²) >= 11 is 0. The van der Waals surface area contributed by atoms with E-state index in [0.29, 0.717) is 22.5 Å². The van der Waals surface area contributed by atoms with E-state index in [1.54, 1.807) is 16.7 Å². The maximum absolute atomic E-state index is 12.9. The van der Waals surface area contributed by atoms with Crippen LogP contribution in [0.25, 0.3) is 22.3 Å². The number of hydrogen-bond acceptors (Lipinski definition) is 17. The number of carboxylic acids is 1. The van der Waals surface area contributed by atoms with Crippen molar-refractivity contribution < 1.29 is 38.8 Å². The van der Waals surface area contributed by atoms with Gasteiger partial charge in [0, 0.05) is 24.1 Å². The molecular weight excluding hydrogens is 744 g/mol. The maximum atomic E-state index is 12.9. The minimum Gasteiger partial charge on any atom is -0.480 e. The summed E-state index contributed by atoms with van der Waals surface area (Å²) in [6.07, 6.45) is -0.213. The summed E-state index contributed by atoms with van der Waals surface area (Å²) in [4.78, 5) is 77.2. The van der Waals surface area contributed by atoms with Gasteiger partial charge in [0.25, 0.3) is 11.5 Å². The van der Waals surface area contributed by atoms with Crippen LogP contribution in [0.15, 0.2) is 71.9 Å². The van der Waals surface area contributed by atoms with Crippen molar-refractivity contribution in [2.75, 3.05) is 23.4 Å². The van der Waals surface area contributed by atoms with Gasteiger partial charge in [0.05, 0.1) is 30.9 Å². The lowest BCUT2D eigenvalue weighted by Crippen LogP contribution is -2.41. The van der Waals surface area contributed by atoms with Crippen LogP contribution >= 0.6 is 0 Å². The molecule has 294 valence electrons. The molecule has 7 rings (SSSR count). The predicted molar refractivity (Wildman–Crippen MR) is 200 cm³/mol. The van der Waals surface area contributed by atoms with E-state index in [4.69, 9.17) is 25.7 Å². The number of aliphatic hydroxyl groups excluding tert-OH is 1. The third-order valence-corrected chi connectivity index (χ3v) is 8.90. The van der Waals surface area contributed by atoms with E-state index in [2.05, 4.69) is 45.5 Å². The molecule has 4 atom stereocenters. The number of anilines is 3. The van der Waals surface area contributed by atoms with Crippen LogP contribution in [-0.4, -0.2) is 92.4 Å². The van der Waals surface area contributed by atoms with E-state index in [1.807, 2.05) is 30.3 Å². The highest BCUT2D eigenvalue weighted by molar-refractivity contribution is 5.97. The van der Waals surface area contributed by atoms with E-state index >= 15 is 0 Å². The Hall–Kier alpha value is -7.26. The van der Waals surface area contributed by atoms with Gasteiger partial charge in [0.2, 0.25) is 17.8 Å². The number of imidazole rings is 1. The monoisotopic (exact) mass is 780 g/mol. The highest BCUT2D eigenvalue weighted by Gasteiger charge is 2.37. The molecule has 2 aromatic carbocycles. The van der Waals surface area contributed by atoms with Crippen molar-refractivity contribution >= 4 is 57.8 Å². The Bertz CT molecular complexity index is 2480. The summed E-state index contributed by atoms with van der Waals surface area (Å²) in [6.45, 7) is 0.111. The summed E-state index contributed by atoms with van der Waals surface area (Å²) in [5.74, 6) is -2.70. The molecule has 1 aliphatic heterocycles. The molecule has 1 aliphatic rings. The second kappa shape index (κ2) is 16.6. The summed E-state index contributed by atoms with van der Waals surface area (Å²) < 4.78 is 18.8. The normalized spacial score (nSPS) is 17.0. The molecule has 6 aromatic rings. The number of H-pyrrole nitrogens is 1. The minimum absolute atomic E-state index is 0.0374. The lowest BCUT2D eigenvalue weighted by molar-refractivity contribution is -0.150. The van der Waals surface area contributed by atoms with E-state index in [9.17, 15) is 29.4 Å². The summed E-state index contributed by atoms with van der Waals surface area (Å²) in [6, 6.07) is 14.3. The average molecular weight is 781 g/mol. The number of hydrogen-bond donors (Lipinski definition) is 7. The smallest absolute Gasteiger partial charge is 0.326 e. The number of ether oxygens (including phenoxy) is 3. The number of benzene rings is 2. The number of carbonyl (C=O) groups is 3. The number of amides is 1. The van der Waals surface area contributed by atoms with Crippen LogP contribution in [0.1, 0.15) is 47.1 Å². The molecule has 1 saturated heterocycles. The van der Waals surface area contributed by atoms with Gasteiger partial charge < -0.3 is 46.5 Å². The van der Waals surface area contributed by atoms with Crippen LogP contribution < -0.4 is 32.4 Å². The fourth-order valence-corrected chi connectivity index (χ4v) is 5.98. The molecule has 0 spiro atoms. The number of rotatable bonds is 15. The number of nitrogens with one attached hydrogen (secondary N) is 3. The Labute approximate surface area is 321 Å². The van der Waals surface area contributed by atoms with Crippen molar-refractivity contribution in [3.8, 4) is 5.88 Å². The summed E-state index contributed by atoms with van der Waals surface area (Å²) in [7, 11) is 0. The van der Waals surface area contributed by atoms with Crippen molar-refractivity contribution in [2.24, 2.45) is 0 Å². The van der Waals surface area contributed by atoms with Crippen LogP contribution in [0.4, 0.5) is 17.6 Å². The molecule has 0 saturated carbocycles. The maximum Gasteiger partial charge on any atom is 0.326 e. The third kappa shape index (κ3) is 9.01. The first-order valence-electron chi connectivity index (χ1n) is 17.6. The molecule has 21 heteroatoms. The SMILES string of the molecule is Nc1nc(OCc2ccccc2)c2ncn([C@H]3CC(O)C(COC(=O)CC[C@H](NC(=O)c4ccc(NCc5cnc6nc(N)[nH]c(=O)c6n5)cc4)C(=O)O)O3)c2n1. The van der Waals surface area contributed by atoms with Crippen molar-refractivity contribution in [1.82, 2.24) is 44.8 Å². The zero-order chi connectivity index (χ0) is 40.1. The van der Waals surface area contributed by atoms with E-state index in [1.165, 1.54) is 24.7 Å². The van der Waals surface area contributed by atoms with Crippen LogP contribution in [0.2, 0.25) is 0 Å². The molecule has 1 amide bonds. The number of esters is 1. The first kappa shape index (κ1) is 38.0. The topological polar surface area (TPSA) is 311 Å². The molecule has 9 N–H and O–H groups in total. The van der Waals surface area contributed by atoms with Crippen molar-refractivity contribution in [3.63, 3.8) is 0 Å². The van der Waals surface area contributed by atoms with Gasteiger partial charge in [-0.25, -0.2) is 19.7 Å². The number of aromatic amines is 1. The Morgan fingerprint density at radius 3 is 2.58 bits per heavy atom. The number of nitrogens with zero attached hydrogens (tertiary/aromatic N) is 7. The molecule has 0 bridgehead atoms. The number of aliphatic hydroxyl groups is 1. The number of carboxylic acid groups (broad SMARTS) is 1. The van der Waals surface area contributed by atoms with Gasteiger partial charge in [0.1, 0.15) is 31.6 Å². The van der Waals surface area contributed by atoms with Gasteiger partial charge >= 0.3 is 11.9 Å². The molecule has 0 aliphatic carbocycles. The zero-order valence-electron chi connectivity index (χ0n) is 29.9. The average Bonchev–Trinajstić information content (AvgIpc) is 3.80. The lowest BCUT2D eigenvalue weighted by atomic mass is 10.1. The lowest BCUT2D eigenvalue weighted by Gasteiger charge is -2.17. The first-order chi connectivity index (χ1) is 27.5. The van der Waals surface area contributed by atoms with Crippen LogP contribution in [0, 0.1) is 0 Å². The number of nitrogens with two attached hydrogens (primary N) is 2. The van der Waals surface area contributed by atoms with Crippen LogP contribution in [-0.2, 0) is 32.2 Å². The van der Waals surface area contributed by atoms with Gasteiger partial charge in [-0.2, -0.15) is 15.0 Å². The minimum atomic E-state index is -1.40. The standard InChI is InChI=1S/C36H36N12O9/c37-35-44-29-27(32(52)46-35)42-21(14-40-29)13-39-20-8-6-19(7-9-20)31(51)43-22(34(53)54)10-11-26(50)55-16-24-23(49)12-25(57-24)48-17-41-28-30(48)45-36(38)47-33(28)56-15-18-4-2-1-3-5-18/h1-9,14,17,22-25,39,49H,10-13,15-16H2,(H,43,51)(H,53,54)(H2,38,45,47)(H3,37,40,44,46,52)/t22-,23?,24?,25+/m0/s1. The molecule has 0 radical (unpaired) electrons. The van der Waals surface area contributed by atoms with E-state index in [-0.39, 0.29) is 73.5 Å². The Kier molecular flexibility index (Phi) is 11.1. The number of nitrogen functional groups attached to an aromatic ring is 2. The second-order valence-electron chi connectivity index (χ2n) is 12.9. The summed E-state index contributed by atoms with van der Waals surface area (Å²) in [5.41, 5.74) is 13.9. The van der Waals surface area contributed by atoms with Crippen LogP contribution in [0.5, 0.6) is 5.88 Å². The Morgan fingerprint density at radius 2 is 1.81 bits per heavy atom. The quantitative estimate of drug-likeness (QED) is 0.0717. The van der Waals surface area contributed by atoms with E-state index < -0.39 is 47.9 Å². The molecule has 2 unspecified atom stereocenters. The van der Waals surface area contributed by atoms with Gasteiger partial charge in [-0.1, -0.05) is 30.3 Å². The summed E-state index contributed by atoms with van der Waals surface area (Å²) in [5, 5.41) is 26.0. The van der Waals surface area contributed by atoms with E-state index in [0.717, 1.165) is 5.56 Å². The van der Waals surface area contributed by atoms with Crippen molar-refractivity contribution in [3.05, 3.63) is 94.3 Å². The largest absolute Gasteiger partial charge is 0.480 e. The Balaban J connectivity index is 0.876. The van der Waals surface area contributed by atoms with Gasteiger partial charge in [-0.3, -0.25) is 23.9 Å². The molecule has 21 nitrogen and oxygen atoms in total. The molecular formula is C36H36N12O9. The second-order valence-corrected chi connectivity index (χ2v) is 12.9. The number of aliphatic carboxylic acids is 1. The predicted octanol–water partition coefficient (Wildman–Crippen LogP) is 1.06. The number of fused-ring (bicyclic) bond motifs is 2. The first-order valence-corrected chi connectivity index (χ1v) is 17.6. The zero-order valence-corrected chi connectivity index (χ0v) is 29.9. The number of aromatic nitrogens is 8. The highest BCUT2D eigenvalue weighted by Crippen LogP contribution is 2.33. The Morgan fingerprint density at radius 1 is 1.02 bits per heavy atom. The van der Waals surface area contributed by atoms with Crippen molar-refractivity contribution in [1.29, 1.82) is 0 Å². The molecule has 57 heavy (non-hydrogen) atoms. The van der Waals surface area contributed by atoms with Crippen molar-refractivity contribution in [2.45, 2.75) is 56.9 Å². The molecule has 1 fully saturated rings. The molecule has 5 heterocycles. The third-order valence-electron chi connectivity index (χ3n) is 8.90. The fourth-order valence-electron chi connectivity index (χ4n) is 5.98. The fraction of sp³-hybridized carbons (Fsp3) is 0.278. The van der Waals surface area contributed by atoms with Gasteiger partial charge in [0.15, 0.2) is 22.3 Å². The highest BCUT2D eigenvalue weighted by atomic mass is 16.6. The number of carbonyl (C=O) groups excluding carboxylic acids is 2.